The normalized spacial score (nSPS) is 20.6. The first-order valence-corrected chi connectivity index (χ1v) is 12.3. The lowest BCUT2D eigenvalue weighted by Crippen LogP contribution is -2.59. The van der Waals surface area contributed by atoms with Gasteiger partial charge in [-0.3, -0.25) is 14.6 Å². The van der Waals surface area contributed by atoms with Gasteiger partial charge in [-0.25, -0.2) is 4.39 Å². The van der Waals surface area contributed by atoms with Crippen molar-refractivity contribution in [2.45, 2.75) is 31.1 Å². The van der Waals surface area contributed by atoms with E-state index >= 15 is 0 Å². The highest BCUT2D eigenvalue weighted by atomic mass is 35.5. The molecule has 2 unspecified atom stereocenters. The number of fused-ring (bicyclic) bond motifs is 1. The summed E-state index contributed by atoms with van der Waals surface area (Å²) >= 11 is 5.86. The van der Waals surface area contributed by atoms with Gasteiger partial charge in [0.05, 0.1) is 47.7 Å². The summed E-state index contributed by atoms with van der Waals surface area (Å²) in [6.45, 7) is 0.850. The molecule has 0 spiro atoms. The molecule has 2 amide bonds. The van der Waals surface area contributed by atoms with Crippen LogP contribution in [0.2, 0.25) is 5.02 Å². The monoisotopic (exact) mass is 540 g/mol. The second-order valence-corrected chi connectivity index (χ2v) is 10.2. The Labute approximate surface area is 215 Å². The van der Waals surface area contributed by atoms with Crippen molar-refractivity contribution in [1.29, 1.82) is 0 Å². The Morgan fingerprint density at radius 1 is 1.16 bits per heavy atom. The van der Waals surface area contributed by atoms with Crippen LogP contribution in [0.3, 0.4) is 0 Å². The third-order valence-corrected chi connectivity index (χ3v) is 7.51. The number of hydrogen-bond donors (Lipinski definition) is 1. The minimum Gasteiger partial charge on any atom is -0.380 e. The molecule has 2 atom stereocenters. The Morgan fingerprint density at radius 3 is 2.49 bits per heavy atom. The smallest absolute Gasteiger partial charge is 0.380 e. The molecule has 198 valence electrons. The first-order chi connectivity index (χ1) is 17.5. The van der Waals surface area contributed by atoms with Gasteiger partial charge >= 0.3 is 6.18 Å². The van der Waals surface area contributed by atoms with Crippen LogP contribution in [0.1, 0.15) is 22.9 Å². The van der Waals surface area contributed by atoms with E-state index in [2.05, 4.69) is 10.3 Å². The molecule has 1 aliphatic carbocycles. The molecule has 12 heteroatoms. The van der Waals surface area contributed by atoms with E-state index in [0.29, 0.717) is 42.2 Å². The second kappa shape index (κ2) is 9.75. The van der Waals surface area contributed by atoms with Crippen molar-refractivity contribution < 1.29 is 31.9 Å². The number of alkyl halides is 3. The molecule has 2 aromatic rings. The molecule has 1 aromatic carbocycles. The molecule has 2 aliphatic heterocycles. The number of nitrogens with zero attached hydrogens (tertiary/aromatic N) is 3. The highest BCUT2D eigenvalue weighted by Gasteiger charge is 2.49. The summed E-state index contributed by atoms with van der Waals surface area (Å²) in [6, 6.07) is 3.59. The quantitative estimate of drug-likeness (QED) is 0.567. The summed E-state index contributed by atoms with van der Waals surface area (Å²) in [5.41, 5.74) is 1.53. The van der Waals surface area contributed by atoms with E-state index in [0.717, 1.165) is 12.6 Å². The predicted molar refractivity (Wildman–Crippen MR) is 126 cm³/mol. The standard InChI is InChI=1S/C25H25ClF4N4O3/c1-33(23(35)14-9-34(10-14)24(36)15-11-37-12-15)22(25(28,29)30)20-5-3-16(8-31-20)32-17-6-13-2-4-19(26)21(27)18(13)7-17/h2-5,8,14-15,17,22,32H,6-7,9-12H2,1H3. The SMILES string of the molecule is CN(C(=O)C1CN(C(=O)C2COC2)C1)C(c1ccc(NC2Cc3ccc(Cl)c(F)c3C2)cn1)C(F)(F)F. The lowest BCUT2D eigenvalue weighted by Gasteiger charge is -2.43. The largest absolute Gasteiger partial charge is 0.414 e. The zero-order valence-electron chi connectivity index (χ0n) is 19.9. The van der Waals surface area contributed by atoms with Crippen LogP contribution in [0.25, 0.3) is 0 Å². The topological polar surface area (TPSA) is 74.8 Å². The van der Waals surface area contributed by atoms with Crippen molar-refractivity contribution in [2.24, 2.45) is 11.8 Å². The number of halogens is 5. The van der Waals surface area contributed by atoms with Crippen molar-refractivity contribution in [3.63, 3.8) is 0 Å². The third-order valence-electron chi connectivity index (χ3n) is 7.22. The van der Waals surface area contributed by atoms with Crippen LogP contribution in [-0.2, 0) is 27.2 Å². The maximum absolute atomic E-state index is 14.3. The van der Waals surface area contributed by atoms with Crippen LogP contribution in [0.15, 0.2) is 30.5 Å². The fourth-order valence-electron chi connectivity index (χ4n) is 5.07. The highest BCUT2D eigenvalue weighted by molar-refractivity contribution is 6.30. The number of carbonyl (C=O) groups excluding carboxylic acids is 2. The second-order valence-electron chi connectivity index (χ2n) is 9.79. The molecule has 0 radical (unpaired) electrons. The van der Waals surface area contributed by atoms with Crippen LogP contribution < -0.4 is 5.32 Å². The minimum absolute atomic E-state index is 0.0523. The third kappa shape index (κ3) is 4.98. The molecule has 2 fully saturated rings. The molecule has 3 aliphatic rings. The van der Waals surface area contributed by atoms with Crippen LogP contribution >= 0.6 is 11.6 Å². The number of benzene rings is 1. The molecule has 1 aromatic heterocycles. The van der Waals surface area contributed by atoms with Crippen molar-refractivity contribution >= 4 is 29.1 Å². The zero-order valence-corrected chi connectivity index (χ0v) is 20.7. The van der Waals surface area contributed by atoms with Gasteiger partial charge in [0.15, 0.2) is 6.04 Å². The molecule has 37 heavy (non-hydrogen) atoms. The number of nitrogens with one attached hydrogen (secondary N) is 1. The van der Waals surface area contributed by atoms with Crippen LogP contribution in [0.4, 0.5) is 23.2 Å². The average Bonchev–Trinajstić information content (AvgIpc) is 3.17. The van der Waals surface area contributed by atoms with Crippen molar-refractivity contribution in [1.82, 2.24) is 14.8 Å². The Balaban J connectivity index is 1.23. The van der Waals surface area contributed by atoms with Gasteiger partial charge in [0.1, 0.15) is 5.82 Å². The van der Waals surface area contributed by atoms with Crippen LogP contribution in [0.5, 0.6) is 0 Å². The average molecular weight is 541 g/mol. The summed E-state index contributed by atoms with van der Waals surface area (Å²) in [6.07, 6.45) is -2.54. The summed E-state index contributed by atoms with van der Waals surface area (Å²) in [7, 11) is 1.11. The number of pyridine rings is 1. The molecule has 3 heterocycles. The number of likely N-dealkylation sites (tertiary alicyclic amines) is 1. The van der Waals surface area contributed by atoms with Gasteiger partial charge in [-0.05, 0) is 42.2 Å². The Morgan fingerprint density at radius 2 is 1.89 bits per heavy atom. The summed E-state index contributed by atoms with van der Waals surface area (Å²) < 4.78 is 61.4. The maximum atomic E-state index is 14.3. The van der Waals surface area contributed by atoms with Crippen molar-refractivity contribution in [3.05, 3.63) is 58.1 Å². The first-order valence-electron chi connectivity index (χ1n) is 11.9. The molecule has 5 rings (SSSR count). The van der Waals surface area contributed by atoms with Gasteiger partial charge in [0.25, 0.3) is 0 Å². The van der Waals surface area contributed by atoms with E-state index in [-0.39, 0.29) is 41.7 Å². The summed E-state index contributed by atoms with van der Waals surface area (Å²) in [5.74, 6) is -2.20. The van der Waals surface area contributed by atoms with Crippen LogP contribution in [-0.4, -0.2) is 72.2 Å². The zero-order chi connectivity index (χ0) is 26.5. The fourth-order valence-corrected chi connectivity index (χ4v) is 5.25. The van der Waals surface area contributed by atoms with E-state index < -0.39 is 29.9 Å². The van der Waals surface area contributed by atoms with E-state index in [4.69, 9.17) is 16.3 Å². The predicted octanol–water partition coefficient (Wildman–Crippen LogP) is 3.62. The number of carbonyl (C=O) groups is 2. The van der Waals surface area contributed by atoms with Gasteiger partial charge in [0, 0.05) is 26.2 Å². The van der Waals surface area contributed by atoms with E-state index in [1.165, 1.54) is 29.3 Å². The highest BCUT2D eigenvalue weighted by Crippen LogP contribution is 2.38. The number of amides is 2. The number of hydrogen-bond acceptors (Lipinski definition) is 5. The van der Waals surface area contributed by atoms with E-state index in [9.17, 15) is 27.2 Å². The molecule has 7 nitrogen and oxygen atoms in total. The molecule has 1 N–H and O–H groups in total. The Bertz CT molecular complexity index is 1200. The number of aromatic nitrogens is 1. The van der Waals surface area contributed by atoms with Gasteiger partial charge < -0.3 is 19.9 Å². The van der Waals surface area contributed by atoms with Crippen LogP contribution in [0, 0.1) is 17.7 Å². The Hall–Kier alpha value is -2.92. The molecule has 0 saturated carbocycles. The molecular weight excluding hydrogens is 516 g/mol. The minimum atomic E-state index is -4.75. The molecule has 0 bridgehead atoms. The lowest BCUT2D eigenvalue weighted by atomic mass is 9.94. The number of rotatable bonds is 6. The number of anilines is 1. The van der Waals surface area contributed by atoms with Gasteiger partial charge in [-0.15, -0.1) is 0 Å². The van der Waals surface area contributed by atoms with Crippen molar-refractivity contribution in [3.8, 4) is 0 Å². The first kappa shape index (κ1) is 25.7. The van der Waals surface area contributed by atoms with E-state index in [1.807, 2.05) is 0 Å². The summed E-state index contributed by atoms with van der Waals surface area (Å²) in [5, 5.41) is 3.23. The van der Waals surface area contributed by atoms with Gasteiger partial charge in [0.2, 0.25) is 11.8 Å². The molecule has 2 saturated heterocycles. The fraction of sp³-hybridized carbons (Fsp3) is 0.480. The maximum Gasteiger partial charge on any atom is 0.414 e. The van der Waals surface area contributed by atoms with Gasteiger partial charge in [-0.1, -0.05) is 17.7 Å². The van der Waals surface area contributed by atoms with E-state index in [1.54, 1.807) is 6.07 Å². The van der Waals surface area contributed by atoms with Crippen molar-refractivity contribution in [2.75, 3.05) is 38.7 Å². The number of ether oxygens (including phenoxy) is 1. The summed E-state index contributed by atoms with van der Waals surface area (Å²) in [4.78, 5) is 31.2. The van der Waals surface area contributed by atoms with Gasteiger partial charge in [-0.2, -0.15) is 13.2 Å². The lowest BCUT2D eigenvalue weighted by molar-refractivity contribution is -0.194. The Kier molecular flexibility index (Phi) is 6.78. The molecular formula is C25H25ClF4N4O3.